The van der Waals surface area contributed by atoms with E-state index < -0.39 is 10.0 Å². The van der Waals surface area contributed by atoms with E-state index in [-0.39, 0.29) is 16.8 Å². The summed E-state index contributed by atoms with van der Waals surface area (Å²) in [7, 11) is -2.16. The number of nitrogens with zero attached hydrogens (tertiary/aromatic N) is 1. The van der Waals surface area contributed by atoms with Gasteiger partial charge in [0.1, 0.15) is 10.6 Å². The Morgan fingerprint density at radius 2 is 1.85 bits per heavy atom. The lowest BCUT2D eigenvalue weighted by Crippen LogP contribution is -2.35. The van der Waals surface area contributed by atoms with Gasteiger partial charge in [-0.3, -0.25) is 4.79 Å². The highest BCUT2D eigenvalue weighted by Gasteiger charge is 2.29. The third-order valence-electron chi connectivity index (χ3n) is 4.92. The van der Waals surface area contributed by atoms with E-state index in [2.05, 4.69) is 5.32 Å². The number of nitrogens with one attached hydrogen (secondary N) is 1. The molecule has 1 aromatic rings. The van der Waals surface area contributed by atoms with Crippen LogP contribution in [-0.2, 0) is 14.8 Å². The van der Waals surface area contributed by atoms with E-state index in [0.717, 1.165) is 19.3 Å². The molecule has 27 heavy (non-hydrogen) atoms. The smallest absolute Gasteiger partial charge is 0.246 e. The van der Waals surface area contributed by atoms with Crippen LogP contribution in [0.5, 0.6) is 5.75 Å². The maximum absolute atomic E-state index is 13.0. The molecule has 150 valence electrons. The lowest BCUT2D eigenvalue weighted by atomic mass is 10.1. The molecule has 1 amide bonds. The zero-order chi connectivity index (χ0) is 20.0. The first-order chi connectivity index (χ1) is 12.8. The first kappa shape index (κ1) is 21.4. The van der Waals surface area contributed by atoms with Crippen molar-refractivity contribution in [3.8, 4) is 5.75 Å². The fraction of sp³-hybridized carbons (Fsp3) is 0.550. The van der Waals surface area contributed by atoms with Crippen molar-refractivity contribution in [2.75, 3.05) is 20.2 Å². The topological polar surface area (TPSA) is 75.7 Å². The van der Waals surface area contributed by atoms with E-state index in [9.17, 15) is 13.2 Å². The normalized spacial score (nSPS) is 17.2. The van der Waals surface area contributed by atoms with Crippen molar-refractivity contribution in [2.45, 2.75) is 51.0 Å². The van der Waals surface area contributed by atoms with Gasteiger partial charge in [0.25, 0.3) is 0 Å². The highest BCUT2D eigenvalue weighted by atomic mass is 32.2. The maximum Gasteiger partial charge on any atom is 0.246 e. The lowest BCUT2D eigenvalue weighted by molar-refractivity contribution is -0.117. The predicted molar refractivity (Wildman–Crippen MR) is 107 cm³/mol. The summed E-state index contributed by atoms with van der Waals surface area (Å²) in [6, 6.07) is 5.00. The molecule has 7 heteroatoms. The van der Waals surface area contributed by atoms with Crippen LogP contribution in [0.15, 0.2) is 29.2 Å². The number of piperidine rings is 1. The molecule has 1 unspecified atom stereocenters. The number of ether oxygens (including phenoxy) is 1. The number of carbonyl (C=O) groups excluding carboxylic acids is 1. The summed E-state index contributed by atoms with van der Waals surface area (Å²) < 4.78 is 32.8. The van der Waals surface area contributed by atoms with Gasteiger partial charge < -0.3 is 10.1 Å². The molecule has 0 radical (unpaired) electrons. The van der Waals surface area contributed by atoms with Crippen LogP contribution in [0.25, 0.3) is 6.08 Å². The minimum atomic E-state index is -3.62. The molecule has 1 fully saturated rings. The second-order valence-electron chi connectivity index (χ2n) is 7.25. The van der Waals surface area contributed by atoms with Crippen molar-refractivity contribution in [3.05, 3.63) is 29.8 Å². The number of rotatable bonds is 7. The second-order valence-corrected chi connectivity index (χ2v) is 9.16. The van der Waals surface area contributed by atoms with Gasteiger partial charge in [-0.25, -0.2) is 8.42 Å². The number of sulfonamides is 1. The van der Waals surface area contributed by atoms with Crippen LogP contribution >= 0.6 is 0 Å². The minimum Gasteiger partial charge on any atom is -0.495 e. The van der Waals surface area contributed by atoms with E-state index in [1.807, 2.05) is 20.8 Å². The predicted octanol–water partition coefficient (Wildman–Crippen LogP) is 3.04. The Morgan fingerprint density at radius 3 is 2.44 bits per heavy atom. The Labute approximate surface area is 162 Å². The van der Waals surface area contributed by atoms with Gasteiger partial charge in [0.05, 0.1) is 7.11 Å². The fourth-order valence-electron chi connectivity index (χ4n) is 2.85. The van der Waals surface area contributed by atoms with Crippen molar-refractivity contribution in [1.29, 1.82) is 0 Å². The second kappa shape index (κ2) is 9.37. The van der Waals surface area contributed by atoms with E-state index in [1.165, 1.54) is 17.5 Å². The molecule has 0 spiro atoms. The molecular weight excluding hydrogens is 364 g/mol. The summed E-state index contributed by atoms with van der Waals surface area (Å²) in [5, 5.41) is 2.89. The summed E-state index contributed by atoms with van der Waals surface area (Å²) in [4.78, 5) is 12.2. The molecular formula is C20H30N2O4S. The SMILES string of the molecule is COc1ccc(/C=C/C(=O)NC(C)C(C)C)cc1S(=O)(=O)N1CCCCC1. The van der Waals surface area contributed by atoms with E-state index >= 15 is 0 Å². The molecule has 0 bridgehead atoms. The van der Waals surface area contributed by atoms with Gasteiger partial charge in [0, 0.05) is 25.2 Å². The number of benzene rings is 1. The van der Waals surface area contributed by atoms with Crippen LogP contribution in [-0.4, -0.2) is 44.9 Å². The molecule has 1 atom stereocenters. The molecule has 0 saturated carbocycles. The van der Waals surface area contributed by atoms with Crippen molar-refractivity contribution < 1.29 is 17.9 Å². The van der Waals surface area contributed by atoms with Crippen LogP contribution in [0, 0.1) is 5.92 Å². The monoisotopic (exact) mass is 394 g/mol. The summed E-state index contributed by atoms with van der Waals surface area (Å²) in [6.07, 6.45) is 5.84. The number of hydrogen-bond donors (Lipinski definition) is 1. The molecule has 6 nitrogen and oxygen atoms in total. The summed E-state index contributed by atoms with van der Waals surface area (Å²) in [5.74, 6) is 0.452. The Kier molecular flexibility index (Phi) is 7.44. The lowest BCUT2D eigenvalue weighted by Gasteiger charge is -2.26. The Bertz CT molecular complexity index is 781. The van der Waals surface area contributed by atoms with Gasteiger partial charge in [-0.15, -0.1) is 0 Å². The molecule has 1 aromatic carbocycles. The number of methoxy groups -OCH3 is 1. The van der Waals surface area contributed by atoms with Gasteiger partial charge in [-0.05, 0) is 49.5 Å². The highest BCUT2D eigenvalue weighted by molar-refractivity contribution is 7.89. The Morgan fingerprint density at radius 1 is 1.19 bits per heavy atom. The van der Waals surface area contributed by atoms with E-state index in [4.69, 9.17) is 4.74 Å². The quantitative estimate of drug-likeness (QED) is 0.721. The molecule has 0 aromatic heterocycles. The maximum atomic E-state index is 13.0. The highest BCUT2D eigenvalue weighted by Crippen LogP contribution is 2.29. The van der Waals surface area contributed by atoms with E-state index in [1.54, 1.807) is 24.3 Å². The molecule has 2 rings (SSSR count). The van der Waals surface area contributed by atoms with Gasteiger partial charge in [-0.2, -0.15) is 4.31 Å². The molecule has 1 aliphatic rings. The Balaban J connectivity index is 2.24. The standard InChI is InChI=1S/C20H30N2O4S/c1-15(2)16(3)21-20(23)11-9-17-8-10-18(26-4)19(14-17)27(24,25)22-12-6-5-7-13-22/h8-11,14-16H,5-7,12-13H2,1-4H3,(H,21,23)/b11-9+. The van der Waals surface area contributed by atoms with E-state index in [0.29, 0.717) is 30.3 Å². The van der Waals surface area contributed by atoms with Crippen LogP contribution < -0.4 is 10.1 Å². The fourth-order valence-corrected chi connectivity index (χ4v) is 4.56. The number of hydrogen-bond acceptors (Lipinski definition) is 4. The van der Waals surface area contributed by atoms with Gasteiger partial charge >= 0.3 is 0 Å². The first-order valence-corrected chi connectivity index (χ1v) is 10.9. The minimum absolute atomic E-state index is 0.0630. The zero-order valence-corrected chi connectivity index (χ0v) is 17.4. The third kappa shape index (κ3) is 5.56. The number of carbonyl (C=O) groups is 1. The van der Waals surface area contributed by atoms with Crippen LogP contribution in [0.3, 0.4) is 0 Å². The van der Waals surface area contributed by atoms with Crippen molar-refractivity contribution in [1.82, 2.24) is 9.62 Å². The van der Waals surface area contributed by atoms with Crippen LogP contribution in [0.4, 0.5) is 0 Å². The van der Waals surface area contributed by atoms with Crippen LogP contribution in [0.1, 0.15) is 45.6 Å². The van der Waals surface area contributed by atoms with Crippen molar-refractivity contribution >= 4 is 22.0 Å². The summed E-state index contributed by atoms with van der Waals surface area (Å²) in [5.41, 5.74) is 0.638. The molecule has 1 heterocycles. The summed E-state index contributed by atoms with van der Waals surface area (Å²) in [6.45, 7) is 7.08. The molecule has 1 saturated heterocycles. The van der Waals surface area contributed by atoms with Crippen molar-refractivity contribution in [3.63, 3.8) is 0 Å². The average molecular weight is 395 g/mol. The molecule has 0 aliphatic carbocycles. The average Bonchev–Trinajstić information content (AvgIpc) is 2.66. The van der Waals surface area contributed by atoms with Gasteiger partial charge in [0.2, 0.25) is 15.9 Å². The van der Waals surface area contributed by atoms with Crippen molar-refractivity contribution in [2.24, 2.45) is 5.92 Å². The molecule has 1 N–H and O–H groups in total. The van der Waals surface area contributed by atoms with Gasteiger partial charge in [0.15, 0.2) is 0 Å². The summed E-state index contributed by atoms with van der Waals surface area (Å²) >= 11 is 0. The Hall–Kier alpha value is -1.86. The zero-order valence-electron chi connectivity index (χ0n) is 16.6. The number of amides is 1. The first-order valence-electron chi connectivity index (χ1n) is 9.42. The largest absolute Gasteiger partial charge is 0.495 e. The van der Waals surface area contributed by atoms with Gasteiger partial charge in [-0.1, -0.05) is 26.3 Å². The molecule has 1 aliphatic heterocycles. The van der Waals surface area contributed by atoms with Crippen LogP contribution in [0.2, 0.25) is 0 Å². The third-order valence-corrected chi connectivity index (χ3v) is 6.84.